The maximum Gasteiger partial charge on any atom is 0.337 e. The molecule has 2 N–H and O–H groups in total. The van der Waals surface area contributed by atoms with Crippen molar-refractivity contribution in [3.8, 4) is 0 Å². The minimum Gasteiger partial charge on any atom is -0.465 e. The molecule has 2 saturated carbocycles. The first-order valence-electron chi connectivity index (χ1n) is 13.1. The monoisotopic (exact) mass is 585 g/mol. The van der Waals surface area contributed by atoms with Crippen LogP contribution in [0.5, 0.6) is 0 Å². The number of fused-ring (bicyclic) bond motifs is 2. The molecule has 10 heteroatoms. The van der Waals surface area contributed by atoms with Gasteiger partial charge in [-0.15, -0.1) is 0 Å². The van der Waals surface area contributed by atoms with Gasteiger partial charge in [-0.2, -0.15) is 0 Å². The number of carbonyl (C=O) groups excluding carboxylic acids is 2. The van der Waals surface area contributed by atoms with Gasteiger partial charge in [-0.1, -0.05) is 40.6 Å². The standard InChI is InChI=1S/C29H29Cl2N3O4S/c1-37-28(36)16-7-8-23-24(11-16)39-29(33-23)34-12-17-9-19(10-18(17)13-34)38-14-20(27(35)15-5-6-15)26(32)25-21(30)3-2-4-22(25)31/h2-4,7-8,11,15,17-19H,5-6,9-10,12-14,32H2,1H3/t17-,18?,19?/m0/s1. The third-order valence-corrected chi connectivity index (χ3v) is 9.75. The van der Waals surface area contributed by atoms with Crippen molar-refractivity contribution >= 4 is 67.3 Å². The molecule has 2 aromatic carbocycles. The van der Waals surface area contributed by atoms with Gasteiger partial charge in [0.1, 0.15) is 0 Å². The minimum absolute atomic E-state index is 0.0115. The molecule has 3 fully saturated rings. The van der Waals surface area contributed by atoms with Gasteiger partial charge in [0.25, 0.3) is 0 Å². The molecule has 3 atom stereocenters. The summed E-state index contributed by atoms with van der Waals surface area (Å²) in [5, 5.41) is 1.82. The van der Waals surface area contributed by atoms with Gasteiger partial charge in [0.2, 0.25) is 0 Å². The molecular weight excluding hydrogens is 557 g/mol. The number of methoxy groups -OCH3 is 1. The molecule has 0 radical (unpaired) electrons. The molecule has 2 aliphatic carbocycles. The van der Waals surface area contributed by atoms with Crippen molar-refractivity contribution in [3.05, 3.63) is 63.1 Å². The second-order valence-corrected chi connectivity index (χ2v) is 12.5. The number of rotatable bonds is 8. The Kier molecular flexibility index (Phi) is 7.31. The third-order valence-electron chi connectivity index (χ3n) is 8.04. The van der Waals surface area contributed by atoms with E-state index in [1.165, 1.54) is 7.11 Å². The van der Waals surface area contributed by atoms with Gasteiger partial charge < -0.3 is 20.1 Å². The van der Waals surface area contributed by atoms with Crippen molar-refractivity contribution in [2.45, 2.75) is 31.8 Å². The number of carbonyl (C=O) groups is 2. The summed E-state index contributed by atoms with van der Waals surface area (Å²) < 4.78 is 12.2. The van der Waals surface area contributed by atoms with Crippen molar-refractivity contribution in [1.82, 2.24) is 4.98 Å². The zero-order valence-corrected chi connectivity index (χ0v) is 23.8. The summed E-state index contributed by atoms with van der Waals surface area (Å²) in [6.07, 6.45) is 3.68. The lowest BCUT2D eigenvalue weighted by atomic mass is 10.0. The van der Waals surface area contributed by atoms with Crippen LogP contribution in [0.15, 0.2) is 42.0 Å². The van der Waals surface area contributed by atoms with E-state index < -0.39 is 0 Å². The SMILES string of the molecule is COC(=O)c1ccc2nc(N3CC4CC(OCC(C(=O)C5CC5)=C(N)c5c(Cl)cccc5Cl)C[C@H]4C3)sc2c1. The highest BCUT2D eigenvalue weighted by Crippen LogP contribution is 2.43. The highest BCUT2D eigenvalue weighted by atomic mass is 35.5. The average Bonchev–Trinajstić information content (AvgIpc) is 3.39. The van der Waals surface area contributed by atoms with Gasteiger partial charge in [0.15, 0.2) is 10.9 Å². The number of Topliss-reactive ketones (excluding diaryl/α,β-unsaturated/α-hetero) is 1. The fourth-order valence-corrected chi connectivity index (χ4v) is 7.43. The topological polar surface area (TPSA) is 94.7 Å². The number of ketones is 1. The van der Waals surface area contributed by atoms with E-state index in [1.54, 1.807) is 35.6 Å². The number of esters is 1. The smallest absolute Gasteiger partial charge is 0.337 e. The van der Waals surface area contributed by atoms with Crippen LogP contribution in [0, 0.1) is 17.8 Å². The first kappa shape index (κ1) is 26.6. The summed E-state index contributed by atoms with van der Waals surface area (Å²) in [5.74, 6) is 0.697. The minimum atomic E-state index is -0.345. The van der Waals surface area contributed by atoms with Crippen molar-refractivity contribution < 1.29 is 19.1 Å². The zero-order chi connectivity index (χ0) is 27.3. The summed E-state index contributed by atoms with van der Waals surface area (Å²) in [5.41, 5.74) is 9.22. The van der Waals surface area contributed by atoms with Crippen LogP contribution in [0.1, 0.15) is 41.6 Å². The Hall–Kier alpha value is -2.65. The summed E-state index contributed by atoms with van der Waals surface area (Å²) in [4.78, 5) is 32.2. The molecular formula is C29H29Cl2N3O4S. The van der Waals surface area contributed by atoms with E-state index in [0.29, 0.717) is 44.3 Å². The highest BCUT2D eigenvalue weighted by molar-refractivity contribution is 7.22. The van der Waals surface area contributed by atoms with Crippen LogP contribution >= 0.6 is 34.5 Å². The maximum atomic E-state index is 13.2. The second-order valence-electron chi connectivity index (χ2n) is 10.6. The molecule has 7 nitrogen and oxygen atoms in total. The van der Waals surface area contributed by atoms with Gasteiger partial charge in [-0.05, 0) is 67.9 Å². The van der Waals surface area contributed by atoms with Crippen molar-refractivity contribution in [3.63, 3.8) is 0 Å². The van der Waals surface area contributed by atoms with E-state index in [-0.39, 0.29) is 30.4 Å². The molecule has 1 aromatic heterocycles. The van der Waals surface area contributed by atoms with Crippen LogP contribution in [0.25, 0.3) is 15.9 Å². The Labute approximate surface area is 240 Å². The van der Waals surface area contributed by atoms with Gasteiger partial charge in [0.05, 0.1) is 51.3 Å². The average molecular weight is 587 g/mol. The number of nitrogens with two attached hydrogens (primary N) is 1. The fourth-order valence-electron chi connectivity index (χ4n) is 5.81. The molecule has 3 aromatic rings. The number of aromatic nitrogens is 1. The molecule has 0 bridgehead atoms. The molecule has 204 valence electrons. The van der Waals surface area contributed by atoms with Crippen LogP contribution in [-0.4, -0.2) is 49.6 Å². The normalized spacial score (nSPS) is 23.2. The molecule has 1 saturated heterocycles. The van der Waals surface area contributed by atoms with Gasteiger partial charge in [-0.3, -0.25) is 4.79 Å². The number of hydrogen-bond acceptors (Lipinski definition) is 8. The number of benzene rings is 2. The Morgan fingerprint density at radius 1 is 1.10 bits per heavy atom. The van der Waals surface area contributed by atoms with Gasteiger partial charge in [-0.25, -0.2) is 9.78 Å². The number of nitrogens with zero attached hydrogens (tertiary/aromatic N) is 2. The number of ether oxygens (including phenoxy) is 2. The third kappa shape index (κ3) is 5.27. The first-order chi connectivity index (χ1) is 18.8. The predicted molar refractivity (Wildman–Crippen MR) is 154 cm³/mol. The van der Waals surface area contributed by atoms with E-state index in [9.17, 15) is 9.59 Å². The molecule has 3 aliphatic rings. The molecule has 0 amide bonds. The van der Waals surface area contributed by atoms with Crippen LogP contribution in [0.3, 0.4) is 0 Å². The Morgan fingerprint density at radius 2 is 1.79 bits per heavy atom. The van der Waals surface area contributed by atoms with E-state index in [4.69, 9.17) is 43.4 Å². The number of anilines is 1. The van der Waals surface area contributed by atoms with Crippen molar-refractivity contribution in [2.24, 2.45) is 23.5 Å². The van der Waals surface area contributed by atoms with Crippen molar-refractivity contribution in [2.75, 3.05) is 31.7 Å². The summed E-state index contributed by atoms with van der Waals surface area (Å²) >= 11 is 14.4. The van der Waals surface area contributed by atoms with E-state index >= 15 is 0 Å². The molecule has 2 unspecified atom stereocenters. The number of hydrogen-bond donors (Lipinski definition) is 1. The van der Waals surface area contributed by atoms with Crippen LogP contribution < -0.4 is 10.6 Å². The fraction of sp³-hybridized carbons (Fsp3) is 0.414. The Bertz CT molecular complexity index is 1450. The summed E-state index contributed by atoms with van der Waals surface area (Å²) in [6, 6.07) is 10.7. The van der Waals surface area contributed by atoms with Crippen molar-refractivity contribution in [1.29, 1.82) is 0 Å². The lowest BCUT2D eigenvalue weighted by molar-refractivity contribution is -0.117. The van der Waals surface area contributed by atoms with Crippen LogP contribution in [0.4, 0.5) is 5.13 Å². The quantitative estimate of drug-likeness (QED) is 0.257. The largest absolute Gasteiger partial charge is 0.465 e. The predicted octanol–water partition coefficient (Wildman–Crippen LogP) is 5.97. The lowest BCUT2D eigenvalue weighted by Gasteiger charge is -2.20. The molecule has 39 heavy (non-hydrogen) atoms. The molecule has 6 rings (SSSR count). The zero-order valence-electron chi connectivity index (χ0n) is 21.5. The van der Waals surface area contributed by atoms with Gasteiger partial charge >= 0.3 is 5.97 Å². The Morgan fingerprint density at radius 3 is 2.44 bits per heavy atom. The molecule has 2 heterocycles. The van der Waals surface area contributed by atoms with E-state index in [1.807, 2.05) is 12.1 Å². The summed E-state index contributed by atoms with van der Waals surface area (Å²) in [7, 11) is 1.39. The molecule has 0 spiro atoms. The van der Waals surface area contributed by atoms with Crippen LogP contribution in [0.2, 0.25) is 10.0 Å². The number of halogens is 2. The Balaban J connectivity index is 1.12. The highest BCUT2D eigenvalue weighted by Gasteiger charge is 2.43. The lowest BCUT2D eigenvalue weighted by Crippen LogP contribution is -2.24. The second kappa shape index (κ2) is 10.7. The maximum absolute atomic E-state index is 13.2. The first-order valence-corrected chi connectivity index (χ1v) is 14.7. The van der Waals surface area contributed by atoms with E-state index in [2.05, 4.69) is 4.90 Å². The number of thiazole rings is 1. The van der Waals surface area contributed by atoms with Crippen LogP contribution in [-0.2, 0) is 14.3 Å². The van der Waals surface area contributed by atoms with E-state index in [0.717, 1.165) is 54.1 Å². The summed E-state index contributed by atoms with van der Waals surface area (Å²) in [6.45, 7) is 1.99. The van der Waals surface area contributed by atoms with Gasteiger partial charge in [0, 0.05) is 30.1 Å². The molecule has 1 aliphatic heterocycles.